The SMILES string of the molecule is O=C(COC(=O)c1ccc(Cl)c([N+](=O)[O-])c1)NCc1ccco1. The predicted molar refractivity (Wildman–Crippen MR) is 78.9 cm³/mol. The molecule has 2 aromatic rings. The van der Waals surface area contributed by atoms with Crippen LogP contribution in [0.1, 0.15) is 16.1 Å². The molecule has 0 bridgehead atoms. The highest BCUT2D eigenvalue weighted by molar-refractivity contribution is 6.32. The van der Waals surface area contributed by atoms with E-state index < -0.39 is 29.1 Å². The van der Waals surface area contributed by atoms with Crippen molar-refractivity contribution >= 4 is 29.2 Å². The van der Waals surface area contributed by atoms with E-state index in [1.54, 1.807) is 12.1 Å². The molecule has 0 spiro atoms. The average Bonchev–Trinajstić information content (AvgIpc) is 3.04. The lowest BCUT2D eigenvalue weighted by molar-refractivity contribution is -0.384. The number of ether oxygens (including phenoxy) is 1. The third-order valence-electron chi connectivity index (χ3n) is 2.75. The Morgan fingerprint density at radius 1 is 1.35 bits per heavy atom. The molecule has 0 saturated carbocycles. The van der Waals surface area contributed by atoms with E-state index in [0.717, 1.165) is 6.07 Å². The van der Waals surface area contributed by atoms with E-state index in [1.807, 2.05) is 0 Å². The summed E-state index contributed by atoms with van der Waals surface area (Å²) < 4.78 is 9.81. The molecule has 0 unspecified atom stereocenters. The number of carbonyl (C=O) groups excluding carboxylic acids is 2. The Hall–Kier alpha value is -2.87. The molecule has 0 saturated heterocycles. The number of nitrogens with one attached hydrogen (secondary N) is 1. The van der Waals surface area contributed by atoms with Crippen LogP contribution in [0.15, 0.2) is 41.0 Å². The summed E-state index contributed by atoms with van der Waals surface area (Å²) in [6, 6.07) is 6.84. The second-order valence-corrected chi connectivity index (χ2v) is 4.76. The van der Waals surface area contributed by atoms with E-state index in [0.29, 0.717) is 5.76 Å². The fraction of sp³-hybridized carbons (Fsp3) is 0.143. The van der Waals surface area contributed by atoms with Gasteiger partial charge in [-0.25, -0.2) is 4.79 Å². The number of furan rings is 1. The smallest absolute Gasteiger partial charge is 0.338 e. The number of esters is 1. The van der Waals surface area contributed by atoms with Gasteiger partial charge in [-0.05, 0) is 24.3 Å². The number of hydrogen-bond donors (Lipinski definition) is 1. The van der Waals surface area contributed by atoms with Crippen molar-refractivity contribution in [2.24, 2.45) is 0 Å². The van der Waals surface area contributed by atoms with Crippen LogP contribution in [0.2, 0.25) is 5.02 Å². The van der Waals surface area contributed by atoms with Crippen molar-refractivity contribution < 1.29 is 23.7 Å². The number of halogens is 1. The summed E-state index contributed by atoms with van der Waals surface area (Å²) in [7, 11) is 0. The highest BCUT2D eigenvalue weighted by Crippen LogP contribution is 2.25. The highest BCUT2D eigenvalue weighted by Gasteiger charge is 2.17. The number of amides is 1. The van der Waals surface area contributed by atoms with Gasteiger partial charge in [0, 0.05) is 6.07 Å². The van der Waals surface area contributed by atoms with Crippen molar-refractivity contribution in [1.82, 2.24) is 5.32 Å². The van der Waals surface area contributed by atoms with Gasteiger partial charge in [-0.15, -0.1) is 0 Å². The summed E-state index contributed by atoms with van der Waals surface area (Å²) in [5, 5.41) is 13.2. The Labute approximate surface area is 135 Å². The van der Waals surface area contributed by atoms with Crippen LogP contribution in [-0.4, -0.2) is 23.4 Å². The zero-order valence-corrected chi connectivity index (χ0v) is 12.4. The van der Waals surface area contributed by atoms with E-state index in [-0.39, 0.29) is 17.1 Å². The summed E-state index contributed by atoms with van der Waals surface area (Å²) in [5.41, 5.74) is -0.483. The van der Waals surface area contributed by atoms with Gasteiger partial charge in [-0.1, -0.05) is 11.6 Å². The lowest BCUT2D eigenvalue weighted by Crippen LogP contribution is -2.28. The number of nitro groups is 1. The molecule has 120 valence electrons. The third kappa shape index (κ3) is 4.55. The Kier molecular flexibility index (Phi) is 5.32. The number of benzene rings is 1. The maximum atomic E-state index is 11.8. The topological polar surface area (TPSA) is 112 Å². The minimum atomic E-state index is -0.863. The normalized spacial score (nSPS) is 10.1. The van der Waals surface area contributed by atoms with Gasteiger partial charge in [0.25, 0.3) is 11.6 Å². The van der Waals surface area contributed by atoms with Crippen LogP contribution < -0.4 is 5.32 Å². The largest absolute Gasteiger partial charge is 0.467 e. The third-order valence-corrected chi connectivity index (χ3v) is 3.07. The molecule has 0 aliphatic heterocycles. The first-order chi connectivity index (χ1) is 11.0. The minimum absolute atomic E-state index is 0.0695. The average molecular weight is 339 g/mol. The molecule has 0 fully saturated rings. The molecule has 1 aromatic heterocycles. The van der Waals surface area contributed by atoms with Crippen molar-refractivity contribution in [2.45, 2.75) is 6.54 Å². The lowest BCUT2D eigenvalue weighted by Gasteiger charge is -2.06. The Morgan fingerprint density at radius 3 is 2.78 bits per heavy atom. The molecule has 0 atom stereocenters. The number of nitrogens with zero attached hydrogens (tertiary/aromatic N) is 1. The summed E-state index contributed by atoms with van der Waals surface area (Å²) >= 11 is 5.65. The summed E-state index contributed by atoms with van der Waals surface area (Å²) in [6.07, 6.45) is 1.47. The second kappa shape index (κ2) is 7.41. The molecule has 1 N–H and O–H groups in total. The molecule has 9 heteroatoms. The highest BCUT2D eigenvalue weighted by atomic mass is 35.5. The molecule has 8 nitrogen and oxygen atoms in total. The Bertz CT molecular complexity index is 729. The van der Waals surface area contributed by atoms with Crippen LogP contribution in [0.25, 0.3) is 0 Å². The molecular weight excluding hydrogens is 328 g/mol. The molecule has 1 amide bonds. The van der Waals surface area contributed by atoms with E-state index in [9.17, 15) is 19.7 Å². The molecule has 0 aliphatic rings. The molecule has 23 heavy (non-hydrogen) atoms. The lowest BCUT2D eigenvalue weighted by atomic mass is 10.2. The van der Waals surface area contributed by atoms with Gasteiger partial charge in [-0.2, -0.15) is 0 Å². The van der Waals surface area contributed by atoms with Crippen LogP contribution in [0, 0.1) is 10.1 Å². The second-order valence-electron chi connectivity index (χ2n) is 4.36. The van der Waals surface area contributed by atoms with E-state index in [1.165, 1.54) is 18.4 Å². The van der Waals surface area contributed by atoms with Crippen LogP contribution in [0.5, 0.6) is 0 Å². The number of rotatable bonds is 6. The first-order valence-corrected chi connectivity index (χ1v) is 6.75. The van der Waals surface area contributed by atoms with Crippen LogP contribution in [0.4, 0.5) is 5.69 Å². The van der Waals surface area contributed by atoms with E-state index in [2.05, 4.69) is 5.32 Å². The van der Waals surface area contributed by atoms with Gasteiger partial charge < -0.3 is 14.5 Å². The predicted octanol–water partition coefficient (Wildman–Crippen LogP) is 2.31. The fourth-order valence-electron chi connectivity index (χ4n) is 1.64. The molecule has 1 heterocycles. The van der Waals surface area contributed by atoms with Crippen LogP contribution in [0.3, 0.4) is 0 Å². The Morgan fingerprint density at radius 2 is 2.13 bits per heavy atom. The van der Waals surface area contributed by atoms with Gasteiger partial charge >= 0.3 is 5.97 Å². The van der Waals surface area contributed by atoms with Crippen LogP contribution >= 0.6 is 11.6 Å². The molecular formula is C14H11ClN2O6. The van der Waals surface area contributed by atoms with Crippen molar-refractivity contribution in [2.75, 3.05) is 6.61 Å². The zero-order valence-electron chi connectivity index (χ0n) is 11.7. The molecule has 2 rings (SSSR count). The maximum absolute atomic E-state index is 11.8. The quantitative estimate of drug-likeness (QED) is 0.491. The summed E-state index contributed by atoms with van der Waals surface area (Å²) in [6.45, 7) is -0.355. The van der Waals surface area contributed by atoms with Gasteiger partial charge in [0.1, 0.15) is 10.8 Å². The standard InChI is InChI=1S/C14H11ClN2O6/c15-11-4-3-9(6-12(11)17(20)21)14(19)23-8-13(18)16-7-10-2-1-5-22-10/h1-6H,7-8H2,(H,16,18). The number of hydrogen-bond acceptors (Lipinski definition) is 6. The maximum Gasteiger partial charge on any atom is 0.338 e. The van der Waals surface area contributed by atoms with Gasteiger partial charge in [0.15, 0.2) is 6.61 Å². The fourth-order valence-corrected chi connectivity index (χ4v) is 1.83. The summed E-state index contributed by atoms with van der Waals surface area (Å²) in [5.74, 6) is -0.839. The van der Waals surface area contributed by atoms with Crippen molar-refractivity contribution in [3.8, 4) is 0 Å². The molecule has 0 aliphatic carbocycles. The van der Waals surface area contributed by atoms with Gasteiger partial charge in [0.05, 0.1) is 23.3 Å². The first-order valence-electron chi connectivity index (χ1n) is 6.37. The number of nitro benzene ring substituents is 1. The zero-order chi connectivity index (χ0) is 16.8. The van der Waals surface area contributed by atoms with Crippen molar-refractivity contribution in [1.29, 1.82) is 0 Å². The molecule has 0 radical (unpaired) electrons. The van der Waals surface area contributed by atoms with Gasteiger partial charge in [0.2, 0.25) is 0 Å². The Balaban J connectivity index is 1.88. The summed E-state index contributed by atoms with van der Waals surface area (Å²) in [4.78, 5) is 33.4. The van der Waals surface area contributed by atoms with E-state index in [4.69, 9.17) is 20.8 Å². The molecule has 1 aromatic carbocycles. The van der Waals surface area contributed by atoms with E-state index >= 15 is 0 Å². The first kappa shape index (κ1) is 16.5. The van der Waals surface area contributed by atoms with Crippen LogP contribution in [-0.2, 0) is 16.1 Å². The minimum Gasteiger partial charge on any atom is -0.467 e. The number of carbonyl (C=O) groups is 2. The van der Waals surface area contributed by atoms with Crippen molar-refractivity contribution in [3.05, 3.63) is 63.1 Å². The van der Waals surface area contributed by atoms with Gasteiger partial charge in [-0.3, -0.25) is 14.9 Å². The monoisotopic (exact) mass is 338 g/mol. The van der Waals surface area contributed by atoms with Crippen molar-refractivity contribution in [3.63, 3.8) is 0 Å².